The Hall–Kier alpha value is -2.53. The molecule has 0 aliphatic heterocycles. The maximum atomic E-state index is 14.0. The number of imide groups is 1. The van der Waals surface area contributed by atoms with E-state index in [2.05, 4.69) is 5.32 Å². The van der Waals surface area contributed by atoms with E-state index < -0.39 is 45.4 Å². The first-order chi connectivity index (χ1) is 12.6. The van der Waals surface area contributed by atoms with Crippen molar-refractivity contribution in [2.45, 2.75) is 31.8 Å². The third-order valence-corrected chi connectivity index (χ3v) is 5.66. The third kappa shape index (κ3) is 5.47. The number of esters is 1. The van der Waals surface area contributed by atoms with E-state index in [4.69, 9.17) is 4.74 Å². The number of hydrogen-bond acceptors (Lipinski definition) is 6. The molecule has 0 bridgehead atoms. The number of carbonyl (C=O) groups is 3. The van der Waals surface area contributed by atoms with Crippen LogP contribution < -0.4 is 10.6 Å². The first-order valence-electron chi connectivity index (χ1n) is 8.11. The van der Waals surface area contributed by atoms with Gasteiger partial charge in [0.2, 0.25) is 10.0 Å². The first-order valence-corrected chi connectivity index (χ1v) is 9.55. The molecule has 0 heterocycles. The van der Waals surface area contributed by atoms with Crippen LogP contribution in [0.4, 0.5) is 9.18 Å². The fraction of sp³-hybridized carbons (Fsp3) is 0.438. The molecule has 150 valence electrons. The second-order valence-electron chi connectivity index (χ2n) is 5.35. The minimum Gasteiger partial charge on any atom is -0.449 e. The van der Waals surface area contributed by atoms with Gasteiger partial charge in [-0.15, -0.1) is 0 Å². The molecule has 0 spiro atoms. The topological polar surface area (TPSA) is 122 Å². The van der Waals surface area contributed by atoms with E-state index in [0.717, 1.165) is 22.5 Å². The average Bonchev–Trinajstić information content (AvgIpc) is 2.62. The molecule has 9 nitrogen and oxygen atoms in total. The Labute approximate surface area is 156 Å². The summed E-state index contributed by atoms with van der Waals surface area (Å²) in [5.74, 6) is -3.16. The molecule has 0 aromatic heterocycles. The minimum atomic E-state index is -3.91. The monoisotopic (exact) mass is 403 g/mol. The molecule has 2 N–H and O–H groups in total. The van der Waals surface area contributed by atoms with E-state index in [1.165, 1.54) is 14.0 Å². The second kappa shape index (κ2) is 9.42. The zero-order valence-electron chi connectivity index (χ0n) is 15.4. The van der Waals surface area contributed by atoms with Gasteiger partial charge in [0.15, 0.2) is 6.10 Å². The highest BCUT2D eigenvalue weighted by Crippen LogP contribution is 2.20. The maximum Gasteiger partial charge on any atom is 0.341 e. The molecule has 0 aliphatic carbocycles. The fourth-order valence-corrected chi connectivity index (χ4v) is 3.57. The van der Waals surface area contributed by atoms with E-state index in [9.17, 15) is 27.2 Å². The first kappa shape index (κ1) is 22.5. The molecule has 1 atom stereocenters. The van der Waals surface area contributed by atoms with Gasteiger partial charge >= 0.3 is 12.0 Å². The Bertz CT molecular complexity index is 823. The number of rotatable bonds is 7. The molecular formula is C16H22FN3O6S. The van der Waals surface area contributed by atoms with Crippen molar-refractivity contribution in [2.75, 3.05) is 20.1 Å². The van der Waals surface area contributed by atoms with Crippen LogP contribution in [0.1, 0.15) is 31.1 Å². The molecule has 0 aliphatic rings. The van der Waals surface area contributed by atoms with Gasteiger partial charge in [0.1, 0.15) is 5.82 Å². The molecule has 27 heavy (non-hydrogen) atoms. The largest absolute Gasteiger partial charge is 0.449 e. The summed E-state index contributed by atoms with van der Waals surface area (Å²) in [4.78, 5) is 34.7. The van der Waals surface area contributed by atoms with Crippen molar-refractivity contribution in [2.24, 2.45) is 0 Å². The number of amides is 3. The number of nitrogens with one attached hydrogen (secondary N) is 2. The van der Waals surface area contributed by atoms with E-state index in [-0.39, 0.29) is 18.0 Å². The van der Waals surface area contributed by atoms with Crippen LogP contribution in [0, 0.1) is 5.82 Å². The predicted octanol–water partition coefficient (Wildman–Crippen LogP) is 0.857. The lowest BCUT2D eigenvalue weighted by molar-refractivity contribution is -0.127. The number of urea groups is 1. The summed E-state index contributed by atoms with van der Waals surface area (Å²) >= 11 is 0. The fourth-order valence-electron chi connectivity index (χ4n) is 2.09. The Kier molecular flexibility index (Phi) is 7.85. The second-order valence-corrected chi connectivity index (χ2v) is 7.28. The molecule has 1 aromatic rings. The minimum absolute atomic E-state index is 0.201. The molecule has 0 saturated carbocycles. The number of sulfonamides is 1. The van der Waals surface area contributed by atoms with Crippen LogP contribution in [-0.4, -0.2) is 56.9 Å². The smallest absolute Gasteiger partial charge is 0.341 e. The van der Waals surface area contributed by atoms with Gasteiger partial charge in [-0.1, -0.05) is 13.8 Å². The summed E-state index contributed by atoms with van der Waals surface area (Å²) < 4.78 is 45.0. The molecule has 0 radical (unpaired) electrons. The normalized spacial score (nSPS) is 12.4. The number of benzene rings is 1. The molecule has 1 aromatic carbocycles. The van der Waals surface area contributed by atoms with Gasteiger partial charge in [0.05, 0.1) is 10.5 Å². The Morgan fingerprint density at radius 3 is 2.33 bits per heavy atom. The summed E-state index contributed by atoms with van der Waals surface area (Å²) in [5, 5.41) is 4.05. The third-order valence-electron chi connectivity index (χ3n) is 3.62. The Morgan fingerprint density at radius 1 is 1.22 bits per heavy atom. The van der Waals surface area contributed by atoms with Crippen molar-refractivity contribution < 1.29 is 31.9 Å². The SMILES string of the molecule is CCN(CC)S(=O)(=O)c1ccc(F)c(C(=O)OC(C)C(=O)NC(=O)NC)c1. The quantitative estimate of drug-likeness (QED) is 0.651. The van der Waals surface area contributed by atoms with E-state index in [1.807, 2.05) is 5.32 Å². The van der Waals surface area contributed by atoms with Crippen LogP contribution in [-0.2, 0) is 19.6 Å². The van der Waals surface area contributed by atoms with Crippen LogP contribution in [0.5, 0.6) is 0 Å². The number of ether oxygens (including phenoxy) is 1. The summed E-state index contributed by atoms with van der Waals surface area (Å²) in [6, 6.07) is 1.93. The summed E-state index contributed by atoms with van der Waals surface area (Å²) in [6.45, 7) is 4.88. The molecule has 1 unspecified atom stereocenters. The number of nitrogens with zero attached hydrogens (tertiary/aromatic N) is 1. The predicted molar refractivity (Wildman–Crippen MR) is 94.0 cm³/mol. The van der Waals surface area contributed by atoms with E-state index in [0.29, 0.717) is 0 Å². The van der Waals surface area contributed by atoms with E-state index in [1.54, 1.807) is 13.8 Å². The maximum absolute atomic E-state index is 14.0. The molecular weight excluding hydrogens is 381 g/mol. The highest BCUT2D eigenvalue weighted by molar-refractivity contribution is 7.89. The number of halogens is 1. The van der Waals surface area contributed by atoms with Crippen LogP contribution in [0.2, 0.25) is 0 Å². The van der Waals surface area contributed by atoms with Crippen LogP contribution in [0.3, 0.4) is 0 Å². The highest BCUT2D eigenvalue weighted by atomic mass is 32.2. The zero-order valence-corrected chi connectivity index (χ0v) is 16.2. The van der Waals surface area contributed by atoms with Gasteiger partial charge in [0, 0.05) is 20.1 Å². The summed E-state index contributed by atoms with van der Waals surface area (Å²) in [6.07, 6.45) is -1.41. The molecule has 0 fully saturated rings. The molecule has 11 heteroatoms. The van der Waals surface area contributed by atoms with Gasteiger partial charge in [0.25, 0.3) is 5.91 Å². The Morgan fingerprint density at radius 2 is 1.81 bits per heavy atom. The van der Waals surface area contributed by atoms with Crippen LogP contribution in [0.25, 0.3) is 0 Å². The Balaban J connectivity index is 3.08. The summed E-state index contributed by atoms with van der Waals surface area (Å²) in [5.41, 5.74) is -0.636. The van der Waals surface area contributed by atoms with Crippen molar-refractivity contribution >= 4 is 27.9 Å². The van der Waals surface area contributed by atoms with Gasteiger partial charge in [-0.05, 0) is 25.1 Å². The van der Waals surface area contributed by atoms with Crippen molar-refractivity contribution in [3.63, 3.8) is 0 Å². The number of carbonyl (C=O) groups excluding carboxylic acids is 3. The molecule has 1 rings (SSSR count). The van der Waals surface area contributed by atoms with Gasteiger partial charge < -0.3 is 10.1 Å². The highest BCUT2D eigenvalue weighted by Gasteiger charge is 2.26. The molecule has 3 amide bonds. The van der Waals surface area contributed by atoms with Crippen molar-refractivity contribution in [1.82, 2.24) is 14.9 Å². The van der Waals surface area contributed by atoms with Gasteiger partial charge in [-0.3, -0.25) is 10.1 Å². The summed E-state index contributed by atoms with van der Waals surface area (Å²) in [7, 11) is -2.62. The standard InChI is InChI=1S/C16H22FN3O6S/c1-5-20(6-2)27(24,25)11-7-8-13(17)12(9-11)15(22)26-10(3)14(21)19-16(23)18-4/h7-10H,5-6H2,1-4H3,(H2,18,19,21,23). The van der Waals surface area contributed by atoms with Crippen LogP contribution >= 0.6 is 0 Å². The zero-order chi connectivity index (χ0) is 20.8. The lowest BCUT2D eigenvalue weighted by Gasteiger charge is -2.19. The average molecular weight is 403 g/mol. The molecule has 0 saturated heterocycles. The van der Waals surface area contributed by atoms with Crippen molar-refractivity contribution in [3.05, 3.63) is 29.6 Å². The lowest BCUT2D eigenvalue weighted by Crippen LogP contribution is -2.43. The van der Waals surface area contributed by atoms with Gasteiger partial charge in [-0.2, -0.15) is 4.31 Å². The van der Waals surface area contributed by atoms with Crippen molar-refractivity contribution in [3.8, 4) is 0 Å². The van der Waals surface area contributed by atoms with E-state index >= 15 is 0 Å². The van der Waals surface area contributed by atoms with Crippen molar-refractivity contribution in [1.29, 1.82) is 0 Å². The van der Waals surface area contributed by atoms with Crippen LogP contribution in [0.15, 0.2) is 23.1 Å². The van der Waals surface area contributed by atoms with Gasteiger partial charge in [-0.25, -0.2) is 22.4 Å². The number of hydrogen-bond donors (Lipinski definition) is 2. The lowest BCUT2D eigenvalue weighted by atomic mass is 10.2.